The van der Waals surface area contributed by atoms with E-state index in [0.717, 1.165) is 73.4 Å². The predicted octanol–water partition coefficient (Wildman–Crippen LogP) is 6.73. The fraction of sp³-hybridized carbons (Fsp3) is 0.517. The molecule has 2 heterocycles. The first kappa shape index (κ1) is 26.7. The molecule has 2 aromatic carbocycles. The van der Waals surface area contributed by atoms with E-state index >= 15 is 0 Å². The van der Waals surface area contributed by atoms with Gasteiger partial charge in [-0.15, -0.1) is 0 Å². The Balaban J connectivity index is 1.39. The Morgan fingerprint density at radius 2 is 1.58 bits per heavy atom. The van der Waals surface area contributed by atoms with E-state index < -0.39 is 5.60 Å². The molecule has 2 aliphatic rings. The van der Waals surface area contributed by atoms with Gasteiger partial charge >= 0.3 is 6.09 Å². The van der Waals surface area contributed by atoms with Crippen molar-refractivity contribution in [3.05, 3.63) is 64.6 Å². The van der Waals surface area contributed by atoms with Gasteiger partial charge in [0.05, 0.1) is 5.71 Å². The Kier molecular flexibility index (Phi) is 8.41. The fourth-order valence-electron chi connectivity index (χ4n) is 5.07. The number of hydrogen-bond acceptors (Lipinski definition) is 5. The van der Waals surface area contributed by atoms with Gasteiger partial charge in [-0.2, -0.15) is 0 Å². The first-order valence-electron chi connectivity index (χ1n) is 12.9. The smallest absolute Gasteiger partial charge is 0.410 e. The average Bonchev–Trinajstić information content (AvgIpc) is 2.85. The van der Waals surface area contributed by atoms with Crippen LogP contribution in [0, 0.1) is 5.92 Å². The van der Waals surface area contributed by atoms with Gasteiger partial charge in [0.2, 0.25) is 0 Å². The van der Waals surface area contributed by atoms with Crippen molar-refractivity contribution in [2.24, 2.45) is 11.1 Å². The summed E-state index contributed by atoms with van der Waals surface area (Å²) in [6.07, 6.45) is 3.78. The molecule has 1 amide bonds. The standard InChI is InChI=1S/C29H38BrN3O3/c1-28(2,3)35-27(34)32-20-16-29(4,17-21-32)33-18-14-23(15-19-33)26(22-10-12-24(30)13-11-22)31-36-25-8-6-5-7-9-25/h5-13,23H,14-21H2,1-4H3/b31-26+. The molecule has 0 radical (unpaired) electrons. The van der Waals surface area contributed by atoms with E-state index in [4.69, 9.17) is 9.57 Å². The van der Waals surface area contributed by atoms with E-state index in [1.807, 2.05) is 56.0 Å². The molecule has 0 aromatic heterocycles. The largest absolute Gasteiger partial charge is 0.444 e. The molecule has 2 aromatic rings. The number of para-hydroxylation sites is 1. The summed E-state index contributed by atoms with van der Waals surface area (Å²) in [4.78, 5) is 22.8. The monoisotopic (exact) mass is 555 g/mol. The Morgan fingerprint density at radius 3 is 2.17 bits per heavy atom. The summed E-state index contributed by atoms with van der Waals surface area (Å²) < 4.78 is 6.63. The van der Waals surface area contributed by atoms with Crippen molar-refractivity contribution in [2.45, 2.75) is 64.5 Å². The van der Waals surface area contributed by atoms with Gasteiger partial charge in [0, 0.05) is 29.0 Å². The highest BCUT2D eigenvalue weighted by atomic mass is 79.9. The number of carbonyl (C=O) groups is 1. The fourth-order valence-corrected chi connectivity index (χ4v) is 5.34. The third kappa shape index (κ3) is 6.88. The Bertz CT molecular complexity index is 1030. The van der Waals surface area contributed by atoms with Crippen LogP contribution in [0.1, 0.15) is 58.9 Å². The normalized spacial score (nSPS) is 19.7. The molecule has 0 unspecified atom stereocenters. The topological polar surface area (TPSA) is 54.4 Å². The van der Waals surface area contributed by atoms with Gasteiger partial charge in [-0.1, -0.05) is 51.4 Å². The Labute approximate surface area is 223 Å². The van der Waals surface area contributed by atoms with Crippen LogP contribution in [0.5, 0.6) is 5.75 Å². The lowest BCUT2D eigenvalue weighted by Crippen LogP contribution is -2.57. The number of piperidine rings is 2. The predicted molar refractivity (Wildman–Crippen MR) is 147 cm³/mol. The molecule has 2 saturated heterocycles. The second-order valence-corrected chi connectivity index (χ2v) is 12.0. The highest BCUT2D eigenvalue weighted by Gasteiger charge is 2.40. The van der Waals surface area contributed by atoms with Crippen LogP contribution in [0.25, 0.3) is 0 Å². The molecular formula is C29H38BrN3O3. The number of hydrogen-bond donors (Lipinski definition) is 0. The second-order valence-electron chi connectivity index (χ2n) is 11.1. The van der Waals surface area contributed by atoms with Crippen LogP contribution in [0.4, 0.5) is 4.79 Å². The molecule has 6 nitrogen and oxygen atoms in total. The first-order valence-corrected chi connectivity index (χ1v) is 13.7. The Hall–Kier alpha value is -2.38. The van der Waals surface area contributed by atoms with Gasteiger partial charge in [0.15, 0.2) is 5.75 Å². The maximum absolute atomic E-state index is 12.5. The van der Waals surface area contributed by atoms with Crippen LogP contribution < -0.4 is 4.84 Å². The minimum Gasteiger partial charge on any atom is -0.444 e. The minimum atomic E-state index is -0.460. The molecule has 7 heteroatoms. The summed E-state index contributed by atoms with van der Waals surface area (Å²) >= 11 is 3.54. The number of ether oxygens (including phenoxy) is 1. The summed E-state index contributed by atoms with van der Waals surface area (Å²) in [5.74, 6) is 1.07. The average molecular weight is 557 g/mol. The zero-order valence-corrected chi connectivity index (χ0v) is 23.5. The van der Waals surface area contributed by atoms with Crippen LogP contribution in [0.2, 0.25) is 0 Å². The highest BCUT2D eigenvalue weighted by molar-refractivity contribution is 9.10. The molecule has 0 spiro atoms. The van der Waals surface area contributed by atoms with Crippen LogP contribution >= 0.6 is 15.9 Å². The summed E-state index contributed by atoms with van der Waals surface area (Å²) in [5.41, 5.74) is 1.75. The number of benzene rings is 2. The van der Waals surface area contributed by atoms with Crippen molar-refractivity contribution in [3.8, 4) is 5.75 Å². The van der Waals surface area contributed by atoms with Crippen LogP contribution in [-0.4, -0.2) is 58.9 Å². The van der Waals surface area contributed by atoms with Gasteiger partial charge in [-0.05, 0) is 96.3 Å². The van der Waals surface area contributed by atoms with Crippen molar-refractivity contribution in [1.82, 2.24) is 9.80 Å². The summed E-state index contributed by atoms with van der Waals surface area (Å²) in [7, 11) is 0. The van der Waals surface area contributed by atoms with E-state index in [-0.39, 0.29) is 11.6 Å². The van der Waals surface area contributed by atoms with Gasteiger partial charge in [0.25, 0.3) is 0 Å². The number of amides is 1. The third-order valence-corrected chi connectivity index (χ3v) is 7.80. The van der Waals surface area contributed by atoms with Crippen LogP contribution in [-0.2, 0) is 4.74 Å². The zero-order chi connectivity index (χ0) is 25.8. The number of rotatable bonds is 5. The van der Waals surface area contributed by atoms with E-state index in [2.05, 4.69) is 57.2 Å². The maximum atomic E-state index is 12.5. The molecule has 2 aliphatic heterocycles. The van der Waals surface area contributed by atoms with Crippen molar-refractivity contribution in [3.63, 3.8) is 0 Å². The molecular weight excluding hydrogens is 518 g/mol. The zero-order valence-electron chi connectivity index (χ0n) is 21.9. The van der Waals surface area contributed by atoms with Gasteiger partial charge in [-0.25, -0.2) is 4.79 Å². The van der Waals surface area contributed by atoms with Crippen molar-refractivity contribution >= 4 is 27.7 Å². The number of oxime groups is 1. The molecule has 0 N–H and O–H groups in total. The number of carbonyl (C=O) groups excluding carboxylic acids is 1. The van der Waals surface area contributed by atoms with E-state index in [1.54, 1.807) is 0 Å². The SMILES string of the molecule is CC(C)(C)OC(=O)N1CCC(C)(N2CCC(/C(=N/Oc3ccccc3)c3ccc(Br)cc3)CC2)CC1. The lowest BCUT2D eigenvalue weighted by molar-refractivity contribution is -0.00821. The lowest BCUT2D eigenvalue weighted by Gasteiger charge is -2.49. The van der Waals surface area contributed by atoms with E-state index in [0.29, 0.717) is 5.92 Å². The van der Waals surface area contributed by atoms with Crippen molar-refractivity contribution in [1.29, 1.82) is 0 Å². The van der Waals surface area contributed by atoms with Gasteiger partial charge < -0.3 is 14.5 Å². The molecule has 0 aliphatic carbocycles. The molecule has 2 fully saturated rings. The van der Waals surface area contributed by atoms with Crippen LogP contribution in [0.15, 0.2) is 64.2 Å². The molecule has 36 heavy (non-hydrogen) atoms. The maximum Gasteiger partial charge on any atom is 0.410 e. The molecule has 194 valence electrons. The highest BCUT2D eigenvalue weighted by Crippen LogP contribution is 2.34. The molecule has 0 bridgehead atoms. The molecule has 0 atom stereocenters. The van der Waals surface area contributed by atoms with Gasteiger partial charge in [-0.3, -0.25) is 4.90 Å². The summed E-state index contributed by atoms with van der Waals surface area (Å²) in [6.45, 7) is 11.6. The van der Waals surface area contributed by atoms with E-state index in [9.17, 15) is 4.79 Å². The quantitative estimate of drug-likeness (QED) is 0.303. The lowest BCUT2D eigenvalue weighted by atomic mass is 9.82. The number of nitrogens with zero attached hydrogens (tertiary/aromatic N) is 3. The third-order valence-electron chi connectivity index (χ3n) is 7.27. The van der Waals surface area contributed by atoms with Gasteiger partial charge in [0.1, 0.15) is 5.60 Å². The number of halogens is 1. The minimum absolute atomic E-state index is 0.0962. The number of likely N-dealkylation sites (tertiary alicyclic amines) is 2. The summed E-state index contributed by atoms with van der Waals surface area (Å²) in [5, 5.41) is 4.66. The van der Waals surface area contributed by atoms with Crippen molar-refractivity contribution in [2.75, 3.05) is 26.2 Å². The van der Waals surface area contributed by atoms with E-state index in [1.165, 1.54) is 0 Å². The van der Waals surface area contributed by atoms with Crippen molar-refractivity contribution < 1.29 is 14.4 Å². The second kappa shape index (κ2) is 11.3. The molecule has 4 rings (SSSR count). The first-order chi connectivity index (χ1) is 17.1. The Morgan fingerprint density at radius 1 is 0.972 bits per heavy atom. The molecule has 0 saturated carbocycles. The van der Waals surface area contributed by atoms with Crippen LogP contribution in [0.3, 0.4) is 0 Å². The summed E-state index contributed by atoms with van der Waals surface area (Å²) in [6, 6.07) is 18.1.